The Labute approximate surface area is 138 Å². The van der Waals surface area contributed by atoms with Crippen molar-refractivity contribution in [3.05, 3.63) is 29.8 Å². The van der Waals surface area contributed by atoms with E-state index in [2.05, 4.69) is 5.32 Å². The summed E-state index contributed by atoms with van der Waals surface area (Å²) >= 11 is 0. The van der Waals surface area contributed by atoms with Crippen molar-refractivity contribution >= 4 is 17.5 Å². The molecule has 0 spiro atoms. The summed E-state index contributed by atoms with van der Waals surface area (Å²) in [6.45, 7) is 5.10. The second kappa shape index (κ2) is 7.49. The maximum absolute atomic E-state index is 12.7. The van der Waals surface area contributed by atoms with Gasteiger partial charge in [-0.15, -0.1) is 0 Å². The second-order valence-corrected chi connectivity index (χ2v) is 6.70. The third-order valence-electron chi connectivity index (χ3n) is 4.19. The first kappa shape index (κ1) is 17.3. The standard InChI is InChI=1S/C18H27N3O2/c1-13(2)17(22)19-15-8-6-10-21(12-15)18(23)14-7-5-9-16(11-14)20(3)4/h5,7,9,11,13,15H,6,8,10,12H2,1-4H3,(H,19,22)/t15-/m1/s1. The van der Waals surface area contributed by atoms with Crippen LogP contribution < -0.4 is 10.2 Å². The van der Waals surface area contributed by atoms with E-state index in [0.29, 0.717) is 12.1 Å². The molecule has 23 heavy (non-hydrogen) atoms. The Hall–Kier alpha value is -2.04. The summed E-state index contributed by atoms with van der Waals surface area (Å²) in [5.41, 5.74) is 1.71. The molecular weight excluding hydrogens is 290 g/mol. The number of likely N-dealkylation sites (tertiary alicyclic amines) is 1. The Morgan fingerprint density at radius 1 is 1.30 bits per heavy atom. The number of carbonyl (C=O) groups is 2. The van der Waals surface area contributed by atoms with Crippen LogP contribution in [0.25, 0.3) is 0 Å². The maximum atomic E-state index is 12.7. The van der Waals surface area contributed by atoms with Crippen molar-refractivity contribution in [1.82, 2.24) is 10.2 Å². The smallest absolute Gasteiger partial charge is 0.253 e. The van der Waals surface area contributed by atoms with Crippen LogP contribution in [0.2, 0.25) is 0 Å². The molecule has 2 amide bonds. The summed E-state index contributed by atoms with van der Waals surface area (Å²) in [4.78, 5) is 28.4. The van der Waals surface area contributed by atoms with Gasteiger partial charge in [0.15, 0.2) is 0 Å². The van der Waals surface area contributed by atoms with Crippen LogP contribution in [0.4, 0.5) is 5.69 Å². The highest BCUT2D eigenvalue weighted by Crippen LogP contribution is 2.18. The number of rotatable bonds is 4. The van der Waals surface area contributed by atoms with E-state index < -0.39 is 0 Å². The van der Waals surface area contributed by atoms with Crippen molar-refractivity contribution in [2.45, 2.75) is 32.7 Å². The van der Waals surface area contributed by atoms with Gasteiger partial charge in [-0.3, -0.25) is 9.59 Å². The fourth-order valence-corrected chi connectivity index (χ4v) is 2.75. The highest BCUT2D eigenvalue weighted by Gasteiger charge is 2.26. The van der Waals surface area contributed by atoms with Gasteiger partial charge >= 0.3 is 0 Å². The predicted octanol–water partition coefficient (Wildman–Crippen LogP) is 2.13. The average molecular weight is 317 g/mol. The normalized spacial score (nSPS) is 18.0. The van der Waals surface area contributed by atoms with Gasteiger partial charge in [0, 0.05) is 50.4 Å². The first-order valence-electron chi connectivity index (χ1n) is 8.25. The van der Waals surface area contributed by atoms with Crippen molar-refractivity contribution in [3.63, 3.8) is 0 Å². The lowest BCUT2D eigenvalue weighted by Gasteiger charge is -2.33. The van der Waals surface area contributed by atoms with E-state index >= 15 is 0 Å². The van der Waals surface area contributed by atoms with Crippen LogP contribution in [0.1, 0.15) is 37.0 Å². The van der Waals surface area contributed by atoms with E-state index in [1.807, 2.05) is 62.0 Å². The third-order valence-corrected chi connectivity index (χ3v) is 4.19. The lowest BCUT2D eigenvalue weighted by molar-refractivity contribution is -0.125. The molecule has 0 unspecified atom stereocenters. The molecule has 1 aliphatic rings. The summed E-state index contributed by atoms with van der Waals surface area (Å²) in [6.07, 6.45) is 1.85. The van der Waals surface area contributed by atoms with Crippen molar-refractivity contribution in [2.24, 2.45) is 5.92 Å². The van der Waals surface area contributed by atoms with Gasteiger partial charge in [-0.25, -0.2) is 0 Å². The molecule has 0 aromatic heterocycles. The van der Waals surface area contributed by atoms with Gasteiger partial charge in [0.2, 0.25) is 5.91 Å². The highest BCUT2D eigenvalue weighted by molar-refractivity contribution is 5.95. The predicted molar refractivity (Wildman–Crippen MR) is 92.7 cm³/mol. The molecule has 1 aromatic carbocycles. The molecule has 5 heteroatoms. The van der Waals surface area contributed by atoms with E-state index in [4.69, 9.17) is 0 Å². The lowest BCUT2D eigenvalue weighted by atomic mass is 10.0. The monoisotopic (exact) mass is 317 g/mol. The van der Waals surface area contributed by atoms with E-state index in [1.54, 1.807) is 0 Å². The Kier molecular flexibility index (Phi) is 5.64. The maximum Gasteiger partial charge on any atom is 0.253 e. The van der Waals surface area contributed by atoms with Crippen LogP contribution >= 0.6 is 0 Å². The summed E-state index contributed by atoms with van der Waals surface area (Å²) in [5, 5.41) is 3.04. The van der Waals surface area contributed by atoms with E-state index in [-0.39, 0.29) is 23.8 Å². The molecule has 1 heterocycles. The summed E-state index contributed by atoms with van der Waals surface area (Å²) in [5.74, 6) is 0.0638. The number of nitrogens with one attached hydrogen (secondary N) is 1. The zero-order valence-electron chi connectivity index (χ0n) is 14.5. The molecule has 1 aliphatic heterocycles. The van der Waals surface area contributed by atoms with Gasteiger partial charge in [-0.1, -0.05) is 19.9 Å². The van der Waals surface area contributed by atoms with Gasteiger partial charge in [-0.05, 0) is 31.0 Å². The first-order chi connectivity index (χ1) is 10.9. The molecule has 0 bridgehead atoms. The average Bonchev–Trinajstić information content (AvgIpc) is 2.54. The Balaban J connectivity index is 2.04. The van der Waals surface area contributed by atoms with Gasteiger partial charge in [0.1, 0.15) is 0 Å². The van der Waals surface area contributed by atoms with Crippen LogP contribution in [0.3, 0.4) is 0 Å². The van der Waals surface area contributed by atoms with Gasteiger partial charge in [-0.2, -0.15) is 0 Å². The van der Waals surface area contributed by atoms with Gasteiger partial charge in [0.25, 0.3) is 5.91 Å². The summed E-state index contributed by atoms with van der Waals surface area (Å²) in [6, 6.07) is 7.72. The fraction of sp³-hybridized carbons (Fsp3) is 0.556. The Bertz CT molecular complexity index is 569. The number of hydrogen-bond donors (Lipinski definition) is 1. The van der Waals surface area contributed by atoms with Gasteiger partial charge < -0.3 is 15.1 Å². The zero-order chi connectivity index (χ0) is 17.0. The number of nitrogens with zero attached hydrogens (tertiary/aromatic N) is 2. The van der Waals surface area contributed by atoms with E-state index in [9.17, 15) is 9.59 Å². The molecule has 1 N–H and O–H groups in total. The third kappa shape index (κ3) is 4.47. The largest absolute Gasteiger partial charge is 0.378 e. The van der Waals surface area contributed by atoms with Crippen LogP contribution in [-0.4, -0.2) is 49.9 Å². The number of amides is 2. The van der Waals surface area contributed by atoms with Crippen molar-refractivity contribution < 1.29 is 9.59 Å². The number of piperidine rings is 1. The molecule has 0 aliphatic carbocycles. The topological polar surface area (TPSA) is 52.7 Å². The van der Waals surface area contributed by atoms with E-state index in [1.165, 1.54) is 0 Å². The Morgan fingerprint density at radius 3 is 2.70 bits per heavy atom. The molecule has 1 atom stereocenters. The summed E-state index contributed by atoms with van der Waals surface area (Å²) < 4.78 is 0. The molecule has 1 saturated heterocycles. The van der Waals surface area contributed by atoms with Crippen molar-refractivity contribution in [2.75, 3.05) is 32.1 Å². The minimum absolute atomic E-state index is 0.0298. The van der Waals surface area contributed by atoms with Crippen molar-refractivity contribution in [3.8, 4) is 0 Å². The summed E-state index contributed by atoms with van der Waals surface area (Å²) in [7, 11) is 3.92. The van der Waals surface area contributed by atoms with Gasteiger partial charge in [0.05, 0.1) is 0 Å². The highest BCUT2D eigenvalue weighted by atomic mass is 16.2. The second-order valence-electron chi connectivity index (χ2n) is 6.70. The molecule has 0 saturated carbocycles. The minimum Gasteiger partial charge on any atom is -0.378 e. The Morgan fingerprint density at radius 2 is 2.04 bits per heavy atom. The molecule has 2 rings (SSSR count). The lowest BCUT2D eigenvalue weighted by Crippen LogP contribution is -2.50. The molecule has 1 fully saturated rings. The molecular formula is C18H27N3O2. The van der Waals surface area contributed by atoms with Crippen LogP contribution in [0.15, 0.2) is 24.3 Å². The minimum atomic E-state index is -0.0298. The fourth-order valence-electron chi connectivity index (χ4n) is 2.75. The zero-order valence-corrected chi connectivity index (χ0v) is 14.5. The molecule has 126 valence electrons. The van der Waals surface area contributed by atoms with Crippen LogP contribution in [0, 0.1) is 5.92 Å². The van der Waals surface area contributed by atoms with E-state index in [0.717, 1.165) is 25.1 Å². The number of benzene rings is 1. The number of hydrogen-bond acceptors (Lipinski definition) is 3. The molecule has 1 aromatic rings. The van der Waals surface area contributed by atoms with Crippen molar-refractivity contribution in [1.29, 1.82) is 0 Å². The number of anilines is 1. The quantitative estimate of drug-likeness (QED) is 0.925. The SMILES string of the molecule is CC(C)C(=O)N[C@@H]1CCCN(C(=O)c2cccc(N(C)C)c2)C1. The van der Waals surface area contributed by atoms with Crippen LogP contribution in [-0.2, 0) is 4.79 Å². The number of carbonyl (C=O) groups excluding carboxylic acids is 2. The first-order valence-corrected chi connectivity index (χ1v) is 8.25. The molecule has 5 nitrogen and oxygen atoms in total. The molecule has 0 radical (unpaired) electrons. The van der Waals surface area contributed by atoms with Crippen LogP contribution in [0.5, 0.6) is 0 Å².